The Labute approximate surface area is 153 Å². The van der Waals surface area contributed by atoms with Crippen LogP contribution >= 0.6 is 0 Å². The number of guanidine groups is 1. The first-order valence-electron chi connectivity index (χ1n) is 7.99. The maximum Gasteiger partial charge on any atom is 0.397 e. The average Bonchev–Trinajstić information content (AvgIpc) is 2.51. The lowest BCUT2D eigenvalue weighted by molar-refractivity contribution is -0.150. The molecule has 0 saturated heterocycles. The number of alkyl halides is 3. The Morgan fingerprint density at radius 3 is 2.44 bits per heavy atom. The highest BCUT2D eigenvalue weighted by Gasteiger charge is 2.53. The van der Waals surface area contributed by atoms with E-state index in [1.165, 1.54) is 20.0 Å². The number of hydrogen-bond donors (Lipinski definition) is 2. The van der Waals surface area contributed by atoms with Crippen LogP contribution < -0.4 is 11.1 Å². The third-order valence-electron chi connectivity index (χ3n) is 4.87. The van der Waals surface area contributed by atoms with Crippen LogP contribution in [0.4, 0.5) is 23.2 Å². The van der Waals surface area contributed by atoms with Gasteiger partial charge in [-0.25, -0.2) is 9.38 Å². The molecule has 0 aromatic heterocycles. The number of nitrogens with zero attached hydrogens (tertiary/aromatic N) is 2. The van der Waals surface area contributed by atoms with E-state index in [-0.39, 0.29) is 17.2 Å². The molecule has 1 atom stereocenters. The van der Waals surface area contributed by atoms with Gasteiger partial charge in [-0.3, -0.25) is 14.5 Å². The monoisotopic (exact) mass is 388 g/mol. The van der Waals surface area contributed by atoms with Crippen molar-refractivity contribution in [3.8, 4) is 0 Å². The van der Waals surface area contributed by atoms with Crippen molar-refractivity contribution < 1.29 is 27.2 Å². The molecule has 2 rings (SSSR count). The lowest BCUT2D eigenvalue weighted by atomic mass is 9.67. The van der Waals surface area contributed by atoms with E-state index in [2.05, 4.69) is 10.3 Å². The number of amides is 2. The summed E-state index contributed by atoms with van der Waals surface area (Å²) in [5.41, 5.74) is 3.02. The van der Waals surface area contributed by atoms with Crippen LogP contribution in [0.3, 0.4) is 0 Å². The Hall–Kier alpha value is -2.65. The molecule has 1 heterocycles. The van der Waals surface area contributed by atoms with Gasteiger partial charge in [0.2, 0.25) is 11.8 Å². The predicted octanol–water partition coefficient (Wildman–Crippen LogP) is 2.74. The smallest absolute Gasteiger partial charge is 0.369 e. The summed E-state index contributed by atoms with van der Waals surface area (Å²) in [6.45, 7) is 4.64. The van der Waals surface area contributed by atoms with E-state index < -0.39 is 41.2 Å². The van der Waals surface area contributed by atoms with Crippen molar-refractivity contribution >= 4 is 23.5 Å². The minimum atomic E-state index is -4.67. The molecule has 1 aromatic carbocycles. The second kappa shape index (κ2) is 6.50. The standard InChI is InChI=1S/C17H20F4N4O2/c1-15(2)13(27)25(4)14(22)24-16(15,3)10-7-9(5-6-11(10)18)23-12(26)8-17(19,20)21/h5-7H,8H2,1-4H3,(H2,22,24)(H,23,26). The number of carbonyl (C=O) groups excluding carboxylic acids is 2. The van der Waals surface area contributed by atoms with Crippen molar-refractivity contribution in [3.63, 3.8) is 0 Å². The van der Waals surface area contributed by atoms with Crippen molar-refractivity contribution in [3.05, 3.63) is 29.6 Å². The number of nitrogens with one attached hydrogen (secondary N) is 1. The van der Waals surface area contributed by atoms with Crippen molar-refractivity contribution in [2.24, 2.45) is 16.1 Å². The number of rotatable bonds is 3. The molecule has 0 aliphatic carbocycles. The lowest BCUT2D eigenvalue weighted by Crippen LogP contribution is -2.58. The second-order valence-corrected chi connectivity index (χ2v) is 7.07. The Kier molecular flexibility index (Phi) is 4.98. The molecule has 1 aromatic rings. The molecule has 2 amide bonds. The summed E-state index contributed by atoms with van der Waals surface area (Å²) in [5.74, 6) is -2.53. The normalized spacial score (nSPS) is 22.4. The summed E-state index contributed by atoms with van der Waals surface area (Å²) in [6.07, 6.45) is -6.34. The predicted molar refractivity (Wildman–Crippen MR) is 91.2 cm³/mol. The summed E-state index contributed by atoms with van der Waals surface area (Å²) in [4.78, 5) is 29.6. The number of halogens is 4. The van der Waals surface area contributed by atoms with Gasteiger partial charge >= 0.3 is 6.18 Å². The van der Waals surface area contributed by atoms with Gasteiger partial charge in [0, 0.05) is 18.3 Å². The van der Waals surface area contributed by atoms with E-state index in [1.54, 1.807) is 13.8 Å². The average molecular weight is 388 g/mol. The number of anilines is 1. The highest BCUT2D eigenvalue weighted by Crippen LogP contribution is 2.47. The molecule has 0 spiro atoms. The Bertz CT molecular complexity index is 820. The highest BCUT2D eigenvalue weighted by atomic mass is 19.4. The molecule has 0 fully saturated rings. The minimum Gasteiger partial charge on any atom is -0.369 e. The van der Waals surface area contributed by atoms with Crippen LogP contribution in [0.5, 0.6) is 0 Å². The maximum atomic E-state index is 14.6. The third-order valence-corrected chi connectivity index (χ3v) is 4.87. The fourth-order valence-electron chi connectivity index (χ4n) is 2.94. The quantitative estimate of drug-likeness (QED) is 0.781. The molecule has 0 bridgehead atoms. The first-order valence-corrected chi connectivity index (χ1v) is 7.99. The minimum absolute atomic E-state index is 0.0437. The molecule has 1 aliphatic heterocycles. The van der Waals surface area contributed by atoms with Crippen LogP contribution in [0.15, 0.2) is 23.2 Å². The molecule has 0 saturated carbocycles. The fraction of sp³-hybridized carbons (Fsp3) is 0.471. The van der Waals surface area contributed by atoms with Crippen LogP contribution in [0.1, 0.15) is 32.8 Å². The van der Waals surface area contributed by atoms with Crippen molar-refractivity contribution in [1.82, 2.24) is 4.90 Å². The molecule has 27 heavy (non-hydrogen) atoms. The van der Waals surface area contributed by atoms with Gasteiger partial charge in [0.25, 0.3) is 0 Å². The zero-order valence-electron chi connectivity index (χ0n) is 15.2. The van der Waals surface area contributed by atoms with Gasteiger partial charge in [0.15, 0.2) is 5.96 Å². The van der Waals surface area contributed by atoms with E-state index >= 15 is 0 Å². The zero-order valence-corrected chi connectivity index (χ0v) is 15.2. The number of hydrogen-bond acceptors (Lipinski definition) is 4. The van der Waals surface area contributed by atoms with Crippen LogP contribution in [0, 0.1) is 11.2 Å². The van der Waals surface area contributed by atoms with Gasteiger partial charge in [0.05, 0.1) is 5.41 Å². The van der Waals surface area contributed by atoms with E-state index in [9.17, 15) is 27.2 Å². The first-order chi connectivity index (χ1) is 12.2. The third kappa shape index (κ3) is 3.74. The topological polar surface area (TPSA) is 87.8 Å². The van der Waals surface area contributed by atoms with E-state index in [4.69, 9.17) is 5.73 Å². The molecular weight excluding hydrogens is 368 g/mol. The molecule has 1 unspecified atom stereocenters. The van der Waals surface area contributed by atoms with Crippen LogP contribution in [-0.4, -0.2) is 35.9 Å². The maximum absolute atomic E-state index is 14.6. The van der Waals surface area contributed by atoms with Gasteiger partial charge in [-0.1, -0.05) is 0 Å². The second-order valence-electron chi connectivity index (χ2n) is 7.07. The SMILES string of the molecule is CN1C(=O)C(C)(C)C(C)(c2cc(NC(=O)CC(F)(F)F)ccc2F)N=C1N. The van der Waals surface area contributed by atoms with Crippen LogP contribution in [-0.2, 0) is 15.1 Å². The van der Waals surface area contributed by atoms with Crippen LogP contribution in [0.2, 0.25) is 0 Å². The summed E-state index contributed by atoms with van der Waals surface area (Å²) in [7, 11) is 1.44. The molecule has 148 valence electrons. The van der Waals surface area contributed by atoms with Gasteiger partial charge in [-0.15, -0.1) is 0 Å². The van der Waals surface area contributed by atoms with E-state index in [1.807, 2.05) is 0 Å². The van der Waals surface area contributed by atoms with Crippen molar-refractivity contribution in [2.75, 3.05) is 12.4 Å². The molecular formula is C17H20F4N4O2. The Morgan fingerprint density at radius 1 is 1.30 bits per heavy atom. The number of carbonyl (C=O) groups is 2. The van der Waals surface area contributed by atoms with E-state index in [0.29, 0.717) is 0 Å². The van der Waals surface area contributed by atoms with Gasteiger partial charge in [-0.05, 0) is 39.0 Å². The summed E-state index contributed by atoms with van der Waals surface area (Å²) < 4.78 is 51.6. The van der Waals surface area contributed by atoms with Gasteiger partial charge < -0.3 is 11.1 Å². The number of aliphatic imine (C=N–C) groups is 1. The van der Waals surface area contributed by atoms with Gasteiger partial charge in [-0.2, -0.15) is 13.2 Å². The van der Waals surface area contributed by atoms with Gasteiger partial charge in [0.1, 0.15) is 17.8 Å². The zero-order chi connectivity index (χ0) is 20.8. The largest absolute Gasteiger partial charge is 0.397 e. The fourth-order valence-corrected chi connectivity index (χ4v) is 2.94. The number of benzene rings is 1. The van der Waals surface area contributed by atoms with Crippen LogP contribution in [0.25, 0.3) is 0 Å². The molecule has 10 heteroatoms. The molecule has 3 N–H and O–H groups in total. The Balaban J connectivity index is 2.49. The summed E-state index contributed by atoms with van der Waals surface area (Å²) in [5, 5.41) is 2.08. The number of nitrogens with two attached hydrogens (primary N) is 1. The van der Waals surface area contributed by atoms with Crippen molar-refractivity contribution in [1.29, 1.82) is 0 Å². The summed E-state index contributed by atoms with van der Waals surface area (Å²) >= 11 is 0. The molecule has 6 nitrogen and oxygen atoms in total. The van der Waals surface area contributed by atoms with E-state index in [0.717, 1.165) is 17.0 Å². The first kappa shape index (κ1) is 20.7. The molecule has 0 radical (unpaired) electrons. The Morgan fingerprint density at radius 2 is 1.89 bits per heavy atom. The van der Waals surface area contributed by atoms with Crippen molar-refractivity contribution in [2.45, 2.75) is 38.9 Å². The molecule has 1 aliphatic rings. The highest BCUT2D eigenvalue weighted by molar-refractivity contribution is 6.01. The lowest BCUT2D eigenvalue weighted by Gasteiger charge is -2.46. The summed E-state index contributed by atoms with van der Waals surface area (Å²) in [6, 6.07) is 3.29.